The van der Waals surface area contributed by atoms with E-state index in [0.717, 1.165) is 0 Å². The molecular weight excluding hydrogens is 272 g/mol. The Morgan fingerprint density at radius 1 is 1.16 bits per heavy atom. The van der Waals surface area contributed by atoms with Crippen molar-refractivity contribution in [3.8, 4) is 0 Å². The molecule has 2 aliphatic heterocycles. The van der Waals surface area contributed by atoms with Crippen LogP contribution in [0, 0.1) is 0 Å². The summed E-state index contributed by atoms with van der Waals surface area (Å²) < 4.78 is 22.0. The fourth-order valence-corrected chi connectivity index (χ4v) is 2.40. The average molecular weight is 293 g/mol. The van der Waals surface area contributed by atoms with Gasteiger partial charge in [-0.3, -0.25) is 0 Å². The van der Waals surface area contributed by atoms with Crippen LogP contribution in [0.15, 0.2) is 11.1 Å². The zero-order valence-electron chi connectivity index (χ0n) is 11.7. The molecule has 0 amide bonds. The van der Waals surface area contributed by atoms with Gasteiger partial charge in [-0.25, -0.2) is 0 Å². The number of aliphatic hydroxyl groups excluding tert-OH is 1. The van der Waals surface area contributed by atoms with Crippen molar-refractivity contribution in [1.82, 2.24) is 0 Å². The van der Waals surface area contributed by atoms with Crippen LogP contribution in [-0.2, 0) is 18.9 Å². The van der Waals surface area contributed by atoms with Crippen LogP contribution in [0.1, 0.15) is 27.7 Å². The summed E-state index contributed by atoms with van der Waals surface area (Å²) in [5.41, 5.74) is 0. The quantitative estimate of drug-likeness (QED) is 0.859. The van der Waals surface area contributed by atoms with E-state index in [2.05, 4.69) is 0 Å². The Morgan fingerprint density at radius 2 is 1.74 bits per heavy atom. The molecule has 0 aromatic carbocycles. The van der Waals surface area contributed by atoms with Crippen LogP contribution in [0.2, 0.25) is 0 Å². The van der Waals surface area contributed by atoms with Crippen molar-refractivity contribution in [3.63, 3.8) is 0 Å². The molecule has 1 N–H and O–H groups in total. The topological polar surface area (TPSA) is 57.2 Å². The Balaban J connectivity index is 1.94. The maximum atomic E-state index is 10.1. The minimum atomic E-state index is -0.921. The Kier molecular flexibility index (Phi) is 4.26. The first-order chi connectivity index (χ1) is 8.69. The van der Waals surface area contributed by atoms with E-state index in [4.69, 9.17) is 30.5 Å². The van der Waals surface area contributed by atoms with Crippen LogP contribution in [0.3, 0.4) is 0 Å². The van der Waals surface area contributed by atoms with Crippen LogP contribution >= 0.6 is 11.6 Å². The van der Waals surface area contributed by atoms with Gasteiger partial charge in [0.25, 0.3) is 0 Å². The van der Waals surface area contributed by atoms with Gasteiger partial charge in [0.15, 0.2) is 11.6 Å². The van der Waals surface area contributed by atoms with Gasteiger partial charge < -0.3 is 24.1 Å². The summed E-state index contributed by atoms with van der Waals surface area (Å²) in [7, 11) is 0. The lowest BCUT2D eigenvalue weighted by molar-refractivity contribution is -0.147. The summed E-state index contributed by atoms with van der Waals surface area (Å²) in [5, 5.41) is 10.4. The molecule has 2 aliphatic rings. The van der Waals surface area contributed by atoms with Gasteiger partial charge in [-0.05, 0) is 33.8 Å². The Morgan fingerprint density at radius 3 is 2.21 bits per heavy atom. The minimum absolute atomic E-state index is 0.257. The maximum absolute atomic E-state index is 10.1. The Hall–Kier alpha value is -0.170. The molecule has 0 aliphatic carbocycles. The second kappa shape index (κ2) is 5.31. The van der Waals surface area contributed by atoms with Crippen molar-refractivity contribution in [2.75, 3.05) is 13.2 Å². The lowest BCUT2D eigenvalue weighted by Crippen LogP contribution is -2.31. The number of hydrogen-bond donors (Lipinski definition) is 1. The SMILES string of the molecule is CC1(C)OC[C@@H](/C=C(\Cl)C(O)[C@@H]2COC(C)(C)O2)O1. The molecular formula is C13H21ClO5. The fourth-order valence-electron chi connectivity index (χ4n) is 2.12. The van der Waals surface area contributed by atoms with E-state index in [9.17, 15) is 5.11 Å². The molecule has 0 spiro atoms. The first-order valence-corrected chi connectivity index (χ1v) is 6.75. The van der Waals surface area contributed by atoms with E-state index in [1.54, 1.807) is 19.9 Å². The third-order valence-corrected chi connectivity index (χ3v) is 3.39. The standard InChI is InChI=1S/C13H21ClO5/c1-12(2)16-6-8(18-12)5-9(14)11(15)10-7-17-13(3,4)19-10/h5,8,10-11,15H,6-7H2,1-4H3/b9-5-/t8-,10+,11?/m1/s1. The predicted molar refractivity (Wildman–Crippen MR) is 69.8 cm³/mol. The van der Waals surface area contributed by atoms with Gasteiger partial charge in [0.05, 0.1) is 13.2 Å². The zero-order chi connectivity index (χ0) is 14.3. The smallest absolute Gasteiger partial charge is 0.163 e. The fraction of sp³-hybridized carbons (Fsp3) is 0.846. The van der Waals surface area contributed by atoms with Gasteiger partial charge in [0.1, 0.15) is 18.3 Å². The largest absolute Gasteiger partial charge is 0.385 e. The molecule has 2 fully saturated rings. The molecule has 0 aromatic heterocycles. The second-order valence-corrected chi connectivity index (χ2v) is 6.17. The number of hydrogen-bond acceptors (Lipinski definition) is 5. The van der Waals surface area contributed by atoms with Crippen molar-refractivity contribution in [2.24, 2.45) is 0 Å². The van der Waals surface area contributed by atoms with Gasteiger partial charge >= 0.3 is 0 Å². The summed E-state index contributed by atoms with van der Waals surface area (Å²) in [5.74, 6) is -1.30. The predicted octanol–water partition coefficient (Wildman–Crippen LogP) is 1.77. The van der Waals surface area contributed by atoms with Crippen molar-refractivity contribution >= 4 is 11.6 Å². The molecule has 110 valence electrons. The Labute approximate surface area is 118 Å². The van der Waals surface area contributed by atoms with Crippen LogP contribution < -0.4 is 0 Å². The molecule has 1 unspecified atom stereocenters. The molecule has 19 heavy (non-hydrogen) atoms. The van der Waals surface area contributed by atoms with E-state index >= 15 is 0 Å². The van der Waals surface area contributed by atoms with E-state index in [0.29, 0.717) is 13.2 Å². The summed E-state index contributed by atoms with van der Waals surface area (Å²) >= 11 is 6.12. The van der Waals surface area contributed by atoms with Gasteiger partial charge in [-0.1, -0.05) is 11.6 Å². The van der Waals surface area contributed by atoms with Crippen molar-refractivity contribution in [1.29, 1.82) is 0 Å². The van der Waals surface area contributed by atoms with Crippen LogP contribution in [0.4, 0.5) is 0 Å². The summed E-state index contributed by atoms with van der Waals surface area (Å²) in [6.45, 7) is 8.00. The first kappa shape index (κ1) is 15.2. The normalized spacial score (nSPS) is 35.6. The highest BCUT2D eigenvalue weighted by Gasteiger charge is 2.38. The third-order valence-electron chi connectivity index (χ3n) is 3.04. The molecule has 2 heterocycles. The summed E-state index contributed by atoms with van der Waals surface area (Å²) in [6, 6.07) is 0. The van der Waals surface area contributed by atoms with Crippen molar-refractivity contribution in [3.05, 3.63) is 11.1 Å². The van der Waals surface area contributed by atoms with Crippen LogP contribution in [-0.4, -0.2) is 48.2 Å². The monoisotopic (exact) mass is 292 g/mol. The van der Waals surface area contributed by atoms with Gasteiger partial charge in [0.2, 0.25) is 0 Å². The highest BCUT2D eigenvalue weighted by molar-refractivity contribution is 6.30. The second-order valence-electron chi connectivity index (χ2n) is 5.73. The average Bonchev–Trinajstić information content (AvgIpc) is 2.80. The van der Waals surface area contributed by atoms with Crippen molar-refractivity contribution in [2.45, 2.75) is 57.6 Å². The van der Waals surface area contributed by atoms with Crippen LogP contribution in [0.5, 0.6) is 0 Å². The first-order valence-electron chi connectivity index (χ1n) is 6.37. The third kappa shape index (κ3) is 3.90. The lowest BCUT2D eigenvalue weighted by atomic mass is 10.1. The zero-order valence-corrected chi connectivity index (χ0v) is 12.4. The van der Waals surface area contributed by atoms with Crippen LogP contribution in [0.25, 0.3) is 0 Å². The molecule has 5 nitrogen and oxygen atoms in total. The minimum Gasteiger partial charge on any atom is -0.385 e. The van der Waals surface area contributed by atoms with E-state index < -0.39 is 23.8 Å². The number of ether oxygens (including phenoxy) is 4. The van der Waals surface area contributed by atoms with Gasteiger partial charge in [-0.2, -0.15) is 0 Å². The molecule has 0 bridgehead atoms. The number of aliphatic hydroxyl groups is 1. The summed E-state index contributed by atoms with van der Waals surface area (Å²) in [6.07, 6.45) is 0.0210. The molecule has 0 saturated carbocycles. The van der Waals surface area contributed by atoms with Gasteiger partial charge in [0, 0.05) is 5.03 Å². The maximum Gasteiger partial charge on any atom is 0.163 e. The van der Waals surface area contributed by atoms with E-state index in [1.165, 1.54) is 0 Å². The summed E-state index contributed by atoms with van der Waals surface area (Å²) in [4.78, 5) is 0. The number of halogens is 1. The van der Waals surface area contributed by atoms with Gasteiger partial charge in [-0.15, -0.1) is 0 Å². The molecule has 0 radical (unpaired) electrons. The molecule has 0 aromatic rings. The molecule has 2 saturated heterocycles. The van der Waals surface area contributed by atoms with E-state index in [-0.39, 0.29) is 11.1 Å². The lowest BCUT2D eigenvalue weighted by Gasteiger charge is -2.20. The van der Waals surface area contributed by atoms with Crippen molar-refractivity contribution < 1.29 is 24.1 Å². The molecule has 2 rings (SSSR count). The number of rotatable bonds is 3. The van der Waals surface area contributed by atoms with E-state index in [1.807, 2.05) is 13.8 Å². The molecule has 3 atom stereocenters. The highest BCUT2D eigenvalue weighted by Crippen LogP contribution is 2.29. The molecule has 6 heteroatoms. The highest BCUT2D eigenvalue weighted by atomic mass is 35.5. The Bertz CT molecular complexity index is 366.